The van der Waals surface area contributed by atoms with E-state index in [-0.39, 0.29) is 0 Å². The molecule has 0 aliphatic carbocycles. The van der Waals surface area contributed by atoms with Crippen LogP contribution in [0.25, 0.3) is 0 Å². The van der Waals surface area contributed by atoms with E-state index in [4.69, 9.17) is 10.5 Å². The van der Waals surface area contributed by atoms with Gasteiger partial charge in [0.1, 0.15) is 5.75 Å². The maximum Gasteiger partial charge on any atom is 0.132 e. The Morgan fingerprint density at radius 2 is 1.71 bits per heavy atom. The fourth-order valence-electron chi connectivity index (χ4n) is 1.59. The zero-order valence-electron chi connectivity index (χ0n) is 9.40. The first kappa shape index (κ1) is 12.2. The Labute approximate surface area is 115 Å². The summed E-state index contributed by atoms with van der Waals surface area (Å²) < 4.78 is 6.86. The van der Waals surface area contributed by atoms with Crippen molar-refractivity contribution in [2.75, 3.05) is 12.3 Å². The van der Waals surface area contributed by atoms with E-state index in [9.17, 15) is 0 Å². The zero-order chi connectivity index (χ0) is 12.1. The minimum absolute atomic E-state index is 0.647. The van der Waals surface area contributed by atoms with Crippen molar-refractivity contribution >= 4 is 28.3 Å². The standard InChI is InChI=1S/C14H14INO/c15-12-6-2-4-8-14(12)17-10-9-11-5-1-3-7-13(11)16/h1-8H,9-10,16H2. The molecular weight excluding hydrogens is 325 g/mol. The number of nitrogen functional groups attached to an aromatic ring is 1. The van der Waals surface area contributed by atoms with Crippen LogP contribution in [0, 0.1) is 3.57 Å². The Kier molecular flexibility index (Phi) is 4.25. The van der Waals surface area contributed by atoms with E-state index in [0.717, 1.165) is 27.0 Å². The number of hydrogen-bond donors (Lipinski definition) is 1. The highest BCUT2D eigenvalue weighted by Crippen LogP contribution is 2.20. The van der Waals surface area contributed by atoms with E-state index >= 15 is 0 Å². The molecule has 0 unspecified atom stereocenters. The second-order valence-corrected chi connectivity index (χ2v) is 4.89. The van der Waals surface area contributed by atoms with Crippen LogP contribution in [-0.2, 0) is 6.42 Å². The molecule has 2 aromatic rings. The number of ether oxygens (including phenoxy) is 1. The van der Waals surface area contributed by atoms with Crippen molar-refractivity contribution in [3.8, 4) is 5.75 Å². The Morgan fingerprint density at radius 3 is 2.47 bits per heavy atom. The molecule has 2 nitrogen and oxygen atoms in total. The molecule has 0 radical (unpaired) electrons. The van der Waals surface area contributed by atoms with Gasteiger partial charge in [-0.1, -0.05) is 30.3 Å². The summed E-state index contributed by atoms with van der Waals surface area (Å²) in [6, 6.07) is 15.9. The number of rotatable bonds is 4. The van der Waals surface area contributed by atoms with Crippen LogP contribution in [0.4, 0.5) is 5.69 Å². The summed E-state index contributed by atoms with van der Waals surface area (Å²) in [6.45, 7) is 0.647. The second kappa shape index (κ2) is 5.91. The number of anilines is 1. The third-order valence-corrected chi connectivity index (χ3v) is 3.41. The number of halogens is 1. The average molecular weight is 339 g/mol. The Hall–Kier alpha value is -1.23. The number of nitrogens with two attached hydrogens (primary N) is 1. The monoisotopic (exact) mass is 339 g/mol. The molecule has 0 aromatic heterocycles. The number of benzene rings is 2. The summed E-state index contributed by atoms with van der Waals surface area (Å²) >= 11 is 2.27. The van der Waals surface area contributed by atoms with Gasteiger partial charge in [-0.05, 0) is 46.4 Å². The molecular formula is C14H14INO. The SMILES string of the molecule is Nc1ccccc1CCOc1ccccc1I. The van der Waals surface area contributed by atoms with Gasteiger partial charge in [0.15, 0.2) is 0 Å². The maximum absolute atomic E-state index is 5.87. The van der Waals surface area contributed by atoms with Crippen LogP contribution in [0.5, 0.6) is 5.75 Å². The summed E-state index contributed by atoms with van der Waals surface area (Å²) in [4.78, 5) is 0. The molecule has 0 heterocycles. The number of para-hydroxylation sites is 2. The Morgan fingerprint density at radius 1 is 1.00 bits per heavy atom. The van der Waals surface area contributed by atoms with E-state index in [1.807, 2.05) is 48.5 Å². The summed E-state index contributed by atoms with van der Waals surface area (Å²) in [5.41, 5.74) is 7.84. The van der Waals surface area contributed by atoms with Crippen LogP contribution < -0.4 is 10.5 Å². The van der Waals surface area contributed by atoms with Crippen molar-refractivity contribution in [2.24, 2.45) is 0 Å². The molecule has 2 N–H and O–H groups in total. The fourth-order valence-corrected chi connectivity index (χ4v) is 2.14. The largest absolute Gasteiger partial charge is 0.492 e. The zero-order valence-corrected chi connectivity index (χ0v) is 11.6. The Bertz CT molecular complexity index is 454. The van der Waals surface area contributed by atoms with Crippen LogP contribution in [0.2, 0.25) is 0 Å². The first-order valence-electron chi connectivity index (χ1n) is 5.48. The molecule has 2 rings (SSSR count). The van der Waals surface area contributed by atoms with Gasteiger partial charge >= 0.3 is 0 Å². The van der Waals surface area contributed by atoms with Crippen LogP contribution in [0.15, 0.2) is 48.5 Å². The molecule has 0 saturated heterocycles. The van der Waals surface area contributed by atoms with Crippen molar-refractivity contribution in [1.82, 2.24) is 0 Å². The summed E-state index contributed by atoms with van der Waals surface area (Å²) in [5, 5.41) is 0. The molecule has 0 fully saturated rings. The lowest BCUT2D eigenvalue weighted by Crippen LogP contribution is -2.04. The first-order valence-corrected chi connectivity index (χ1v) is 6.56. The average Bonchev–Trinajstić information content (AvgIpc) is 2.34. The lowest BCUT2D eigenvalue weighted by atomic mass is 10.1. The third kappa shape index (κ3) is 3.36. The molecule has 0 aliphatic rings. The highest BCUT2D eigenvalue weighted by molar-refractivity contribution is 14.1. The van der Waals surface area contributed by atoms with E-state index in [1.54, 1.807) is 0 Å². The van der Waals surface area contributed by atoms with Crippen molar-refractivity contribution in [2.45, 2.75) is 6.42 Å². The lowest BCUT2D eigenvalue weighted by Gasteiger charge is -2.09. The van der Waals surface area contributed by atoms with Gasteiger partial charge in [-0.15, -0.1) is 0 Å². The van der Waals surface area contributed by atoms with Gasteiger partial charge in [-0.2, -0.15) is 0 Å². The van der Waals surface area contributed by atoms with E-state index in [2.05, 4.69) is 22.6 Å². The van der Waals surface area contributed by atoms with E-state index in [0.29, 0.717) is 6.61 Å². The van der Waals surface area contributed by atoms with Gasteiger partial charge in [-0.3, -0.25) is 0 Å². The Balaban J connectivity index is 1.93. The summed E-state index contributed by atoms with van der Waals surface area (Å²) in [6.07, 6.45) is 0.831. The third-order valence-electron chi connectivity index (χ3n) is 2.52. The molecule has 2 aromatic carbocycles. The normalized spacial score (nSPS) is 10.2. The van der Waals surface area contributed by atoms with Gasteiger partial charge in [0.25, 0.3) is 0 Å². The summed E-state index contributed by atoms with van der Waals surface area (Å²) in [7, 11) is 0. The molecule has 0 saturated carbocycles. The number of hydrogen-bond acceptors (Lipinski definition) is 2. The van der Waals surface area contributed by atoms with E-state index < -0.39 is 0 Å². The molecule has 0 bridgehead atoms. The molecule has 0 aliphatic heterocycles. The van der Waals surface area contributed by atoms with Crippen LogP contribution in [-0.4, -0.2) is 6.61 Å². The quantitative estimate of drug-likeness (QED) is 0.684. The highest BCUT2D eigenvalue weighted by atomic mass is 127. The predicted octanol–water partition coefficient (Wildman–Crippen LogP) is 3.49. The minimum Gasteiger partial charge on any atom is -0.492 e. The minimum atomic E-state index is 0.647. The smallest absolute Gasteiger partial charge is 0.132 e. The second-order valence-electron chi connectivity index (χ2n) is 3.73. The lowest BCUT2D eigenvalue weighted by molar-refractivity contribution is 0.320. The van der Waals surface area contributed by atoms with Crippen LogP contribution in [0.1, 0.15) is 5.56 Å². The molecule has 88 valence electrons. The highest BCUT2D eigenvalue weighted by Gasteiger charge is 2.01. The van der Waals surface area contributed by atoms with Crippen molar-refractivity contribution < 1.29 is 4.74 Å². The topological polar surface area (TPSA) is 35.2 Å². The van der Waals surface area contributed by atoms with E-state index in [1.165, 1.54) is 0 Å². The van der Waals surface area contributed by atoms with Crippen LogP contribution in [0.3, 0.4) is 0 Å². The van der Waals surface area contributed by atoms with Gasteiger partial charge in [-0.25, -0.2) is 0 Å². The van der Waals surface area contributed by atoms with Crippen LogP contribution >= 0.6 is 22.6 Å². The van der Waals surface area contributed by atoms with Gasteiger partial charge < -0.3 is 10.5 Å². The maximum atomic E-state index is 5.87. The van der Waals surface area contributed by atoms with Crippen molar-refractivity contribution in [1.29, 1.82) is 0 Å². The van der Waals surface area contributed by atoms with Gasteiger partial charge in [0, 0.05) is 12.1 Å². The van der Waals surface area contributed by atoms with Gasteiger partial charge in [0.05, 0.1) is 10.2 Å². The van der Waals surface area contributed by atoms with Crippen molar-refractivity contribution in [3.05, 3.63) is 57.7 Å². The fraction of sp³-hybridized carbons (Fsp3) is 0.143. The molecule has 0 atom stereocenters. The van der Waals surface area contributed by atoms with Gasteiger partial charge in [0.2, 0.25) is 0 Å². The molecule has 17 heavy (non-hydrogen) atoms. The molecule has 3 heteroatoms. The van der Waals surface area contributed by atoms with Crippen molar-refractivity contribution in [3.63, 3.8) is 0 Å². The first-order chi connectivity index (χ1) is 8.27. The summed E-state index contributed by atoms with van der Waals surface area (Å²) in [5.74, 6) is 0.933. The molecule has 0 spiro atoms. The predicted molar refractivity (Wildman–Crippen MR) is 79.2 cm³/mol. The molecule has 0 amide bonds.